The third-order valence-corrected chi connectivity index (χ3v) is 14.4. The number of piperazine rings is 1. The van der Waals surface area contributed by atoms with Gasteiger partial charge in [0, 0.05) is 74.3 Å². The summed E-state index contributed by atoms with van der Waals surface area (Å²) in [4.78, 5) is 36.7. The van der Waals surface area contributed by atoms with Crippen LogP contribution in [0.5, 0.6) is 11.5 Å². The molecule has 6 aromatic rings. The van der Waals surface area contributed by atoms with Crippen molar-refractivity contribution in [3.63, 3.8) is 0 Å². The van der Waals surface area contributed by atoms with Gasteiger partial charge < -0.3 is 24.1 Å². The second-order valence-electron chi connectivity index (χ2n) is 16.9. The van der Waals surface area contributed by atoms with Gasteiger partial charge in [-0.25, -0.2) is 22.8 Å². The predicted molar refractivity (Wildman–Crippen MR) is 243 cm³/mol. The lowest BCUT2D eigenvalue weighted by molar-refractivity contribution is -0.383. The molecule has 340 valence electrons. The number of fused-ring (bicyclic) bond motifs is 2. The van der Waals surface area contributed by atoms with Crippen LogP contribution in [0.15, 0.2) is 89.6 Å². The lowest BCUT2D eigenvalue weighted by Crippen LogP contribution is -2.47. The van der Waals surface area contributed by atoms with E-state index in [0.29, 0.717) is 42.6 Å². The quantitative estimate of drug-likeness (QED) is 0.0540. The lowest BCUT2D eigenvalue weighted by atomic mass is 9.59. The zero-order chi connectivity index (χ0) is 45.3. The van der Waals surface area contributed by atoms with E-state index in [2.05, 4.69) is 37.0 Å². The number of anilines is 1. The first-order valence-corrected chi connectivity index (χ1v) is 23.4. The van der Waals surface area contributed by atoms with Crippen molar-refractivity contribution in [1.29, 1.82) is 0 Å². The van der Waals surface area contributed by atoms with Crippen molar-refractivity contribution < 1.29 is 36.7 Å². The zero-order valence-electron chi connectivity index (χ0n) is 35.7. The number of amides is 1. The number of benzene rings is 3. The van der Waals surface area contributed by atoms with Gasteiger partial charge >= 0.3 is 0 Å². The van der Waals surface area contributed by atoms with Crippen LogP contribution in [-0.2, 0) is 26.0 Å². The number of nitro benzene ring substituents is 1. The standard InChI is InChI=1S/C46H48ClFN8O8S/c1-62-21-22-63-20-19-55-43(48)42-39(51-55)25-36(26-40(42)56(58)59)65(60,61)52-45(57)37-8-7-34(24-41(37)64-35-23-31-10-14-49-44(31)50-28-35)54-17-15-53(16-18-54)29-32-9-13-46(11-2-12-46)27-38(32)30-3-5-33(47)6-4-30/h3-8,10,14,23-26,28H,2,9,11-13,15-22,27,29H2,1H3,(H,49,50)(H,52,57). The highest BCUT2D eigenvalue weighted by Gasteiger charge is 2.41. The minimum atomic E-state index is -4.79. The molecule has 3 aromatic heterocycles. The maximum absolute atomic E-state index is 15.4. The molecule has 3 aliphatic rings. The molecule has 1 saturated heterocycles. The van der Waals surface area contributed by atoms with E-state index in [4.69, 9.17) is 25.8 Å². The van der Waals surface area contributed by atoms with Crippen molar-refractivity contribution >= 4 is 66.4 Å². The molecule has 1 spiro atoms. The normalized spacial score (nSPS) is 16.6. The Kier molecular flexibility index (Phi) is 12.6. The molecule has 1 aliphatic heterocycles. The number of pyridine rings is 1. The highest BCUT2D eigenvalue weighted by molar-refractivity contribution is 7.90. The molecule has 16 nitrogen and oxygen atoms in total. The van der Waals surface area contributed by atoms with Crippen LogP contribution in [0.4, 0.5) is 15.8 Å². The molecular formula is C46H48ClFN8O8S. The molecular weight excluding hydrogens is 879 g/mol. The number of aromatic nitrogens is 4. The monoisotopic (exact) mass is 926 g/mol. The average Bonchev–Trinajstić information content (AvgIpc) is 3.89. The molecule has 1 saturated carbocycles. The van der Waals surface area contributed by atoms with E-state index in [1.165, 1.54) is 61.8 Å². The number of sulfonamides is 1. The van der Waals surface area contributed by atoms with Gasteiger partial charge in [0.05, 0.1) is 47.9 Å². The van der Waals surface area contributed by atoms with Gasteiger partial charge in [0.25, 0.3) is 21.6 Å². The number of hydrogen-bond donors (Lipinski definition) is 2. The second-order valence-corrected chi connectivity index (χ2v) is 19.0. The van der Waals surface area contributed by atoms with E-state index in [-0.39, 0.29) is 36.6 Å². The second kappa shape index (κ2) is 18.5. The van der Waals surface area contributed by atoms with E-state index in [1.54, 1.807) is 24.4 Å². The summed E-state index contributed by atoms with van der Waals surface area (Å²) in [5, 5.41) is 17.2. The largest absolute Gasteiger partial charge is 0.455 e. The van der Waals surface area contributed by atoms with Crippen molar-refractivity contribution in [3.05, 3.63) is 117 Å². The Hall–Kier alpha value is -5.92. The number of aromatic amines is 1. The number of nitrogens with zero attached hydrogens (tertiary/aromatic N) is 6. The van der Waals surface area contributed by atoms with Crippen molar-refractivity contribution in [2.75, 3.05) is 64.6 Å². The molecule has 9 rings (SSSR count). The number of carbonyl (C=O) groups excluding carboxylic acids is 1. The van der Waals surface area contributed by atoms with Gasteiger partial charge in [-0.05, 0) is 91.1 Å². The number of nitrogens with one attached hydrogen (secondary N) is 2. The summed E-state index contributed by atoms with van der Waals surface area (Å²) in [5.41, 5.74) is 4.78. The van der Waals surface area contributed by atoms with Crippen molar-refractivity contribution in [2.24, 2.45) is 5.41 Å². The number of rotatable bonds is 16. The Morgan fingerprint density at radius 1 is 1.02 bits per heavy atom. The number of hydrogen-bond acceptors (Lipinski definition) is 12. The average molecular weight is 927 g/mol. The molecule has 0 bridgehead atoms. The van der Waals surface area contributed by atoms with E-state index in [1.807, 2.05) is 22.9 Å². The number of H-pyrrole nitrogens is 1. The fourth-order valence-electron chi connectivity index (χ4n) is 9.17. The summed E-state index contributed by atoms with van der Waals surface area (Å²) >= 11 is 6.27. The van der Waals surface area contributed by atoms with Crippen LogP contribution in [0, 0.1) is 21.5 Å². The minimum Gasteiger partial charge on any atom is -0.455 e. The molecule has 1 amide bonds. The molecule has 4 heterocycles. The Labute approximate surface area is 379 Å². The fourth-order valence-corrected chi connectivity index (χ4v) is 10.3. The first-order valence-electron chi connectivity index (χ1n) is 21.6. The summed E-state index contributed by atoms with van der Waals surface area (Å²) in [7, 11) is -3.28. The Morgan fingerprint density at radius 2 is 1.82 bits per heavy atom. The summed E-state index contributed by atoms with van der Waals surface area (Å²) in [6.45, 7) is 4.34. The lowest BCUT2D eigenvalue weighted by Gasteiger charge is -2.47. The Morgan fingerprint density at radius 3 is 2.55 bits per heavy atom. The smallest absolute Gasteiger partial charge is 0.284 e. The minimum absolute atomic E-state index is 0.0172. The van der Waals surface area contributed by atoms with Crippen LogP contribution in [0.25, 0.3) is 27.5 Å². The van der Waals surface area contributed by atoms with E-state index in [9.17, 15) is 23.3 Å². The molecule has 0 radical (unpaired) electrons. The maximum Gasteiger partial charge on any atom is 0.284 e. The molecule has 2 fully saturated rings. The fraction of sp³-hybridized carbons (Fsp3) is 0.370. The van der Waals surface area contributed by atoms with Gasteiger partial charge in [-0.15, -0.1) is 0 Å². The number of halogens is 2. The maximum atomic E-state index is 15.4. The van der Waals surface area contributed by atoms with Gasteiger partial charge in [-0.2, -0.15) is 9.49 Å². The Bertz CT molecular complexity index is 2910. The van der Waals surface area contributed by atoms with Crippen LogP contribution in [0.2, 0.25) is 5.02 Å². The SMILES string of the molecule is COCCOCCn1nc2cc(S(=O)(=O)NC(=O)c3ccc(N4CCN(CC5=C(c6ccc(Cl)cc6)CC6(CCC6)CC5)CC4)cc3Oc3cnc4[nH]ccc4c3)cc([N+](=O)[O-])c2c1F. The van der Waals surface area contributed by atoms with E-state index >= 15 is 4.39 Å². The molecule has 0 unspecified atom stereocenters. The van der Waals surface area contributed by atoms with Gasteiger partial charge in [-0.1, -0.05) is 35.7 Å². The highest BCUT2D eigenvalue weighted by Crippen LogP contribution is 2.55. The van der Waals surface area contributed by atoms with Crippen molar-refractivity contribution in [2.45, 2.75) is 50.0 Å². The molecule has 3 aromatic carbocycles. The first kappa shape index (κ1) is 44.3. The topological polar surface area (TPSA) is 187 Å². The zero-order valence-corrected chi connectivity index (χ0v) is 37.3. The number of nitro groups is 1. The van der Waals surface area contributed by atoms with Crippen molar-refractivity contribution in [3.8, 4) is 11.5 Å². The molecule has 0 atom stereocenters. The van der Waals surface area contributed by atoms with E-state index in [0.717, 1.165) is 59.3 Å². The number of methoxy groups -OCH3 is 1. The van der Waals surface area contributed by atoms with Gasteiger partial charge in [0.2, 0.25) is 5.95 Å². The van der Waals surface area contributed by atoms with Gasteiger partial charge in [-0.3, -0.25) is 19.8 Å². The van der Waals surface area contributed by atoms with Gasteiger partial charge in [0.15, 0.2) is 0 Å². The molecule has 19 heteroatoms. The summed E-state index contributed by atoms with van der Waals surface area (Å²) in [6, 6.07) is 18.4. The first-order chi connectivity index (χ1) is 31.4. The predicted octanol–water partition coefficient (Wildman–Crippen LogP) is 8.12. The van der Waals surface area contributed by atoms with Crippen LogP contribution in [-0.4, -0.2) is 104 Å². The van der Waals surface area contributed by atoms with E-state index < -0.39 is 42.8 Å². The molecule has 2 aliphatic carbocycles. The summed E-state index contributed by atoms with van der Waals surface area (Å²) in [6.07, 6.45) is 10.5. The number of ether oxygens (including phenoxy) is 3. The Balaban J connectivity index is 0.950. The number of non-ortho nitro benzene ring substituents is 1. The van der Waals surface area contributed by atoms with Crippen LogP contribution < -0.4 is 14.4 Å². The van der Waals surface area contributed by atoms with Crippen molar-refractivity contribution in [1.82, 2.24) is 29.4 Å². The van der Waals surface area contributed by atoms with Crippen LogP contribution in [0.1, 0.15) is 54.4 Å². The van der Waals surface area contributed by atoms with Crippen LogP contribution >= 0.6 is 11.6 Å². The number of allylic oxidation sites excluding steroid dienone is 1. The highest BCUT2D eigenvalue weighted by atomic mass is 35.5. The van der Waals surface area contributed by atoms with Gasteiger partial charge in [0.1, 0.15) is 28.0 Å². The third kappa shape index (κ3) is 9.44. The third-order valence-electron chi connectivity index (χ3n) is 12.9. The molecule has 2 N–H and O–H groups in total. The summed E-state index contributed by atoms with van der Waals surface area (Å²) < 4.78 is 62.7. The number of carbonyl (C=O) groups is 1. The summed E-state index contributed by atoms with van der Waals surface area (Å²) in [5.74, 6) is -1.72. The molecule has 65 heavy (non-hydrogen) atoms. The van der Waals surface area contributed by atoms with Crippen LogP contribution in [0.3, 0.4) is 0 Å².